The number of benzene rings is 1. The van der Waals surface area contributed by atoms with E-state index in [4.69, 9.17) is 10.5 Å². The summed E-state index contributed by atoms with van der Waals surface area (Å²) in [4.78, 5) is 22.6. The molecule has 0 amide bonds. The first kappa shape index (κ1) is 12.0. The van der Waals surface area contributed by atoms with Gasteiger partial charge in [0.25, 0.3) is 0 Å². The molecule has 0 heterocycles. The van der Waals surface area contributed by atoms with E-state index in [9.17, 15) is 9.59 Å². The van der Waals surface area contributed by atoms with Crippen molar-refractivity contribution in [1.82, 2.24) is 0 Å². The van der Waals surface area contributed by atoms with Crippen LogP contribution in [0.25, 0.3) is 0 Å². The number of rotatable bonds is 3. The van der Waals surface area contributed by atoms with Crippen molar-refractivity contribution in [2.45, 2.75) is 6.92 Å². The summed E-state index contributed by atoms with van der Waals surface area (Å²) in [6.45, 7) is 2.00. The Kier molecular flexibility index (Phi) is 3.88. The Morgan fingerprint density at radius 3 is 2.50 bits per heavy atom. The fourth-order valence-corrected chi connectivity index (χ4v) is 1.20. The standard InChI is InChI=1S/C11H13NO4/c1-3-16-10(13)7-4-5-8(9(12)6-7)11(14)15-2/h4-6H,3,12H2,1-2H3. The number of esters is 2. The first-order valence-corrected chi connectivity index (χ1v) is 4.75. The van der Waals surface area contributed by atoms with Crippen molar-refractivity contribution in [3.05, 3.63) is 29.3 Å². The zero-order valence-electron chi connectivity index (χ0n) is 9.15. The molecule has 1 aromatic carbocycles. The first-order chi connectivity index (χ1) is 7.60. The van der Waals surface area contributed by atoms with E-state index in [1.54, 1.807) is 6.92 Å². The van der Waals surface area contributed by atoms with E-state index in [-0.39, 0.29) is 17.9 Å². The number of nitrogens with two attached hydrogens (primary N) is 1. The minimum Gasteiger partial charge on any atom is -0.465 e. The molecule has 0 radical (unpaired) electrons. The Morgan fingerprint density at radius 1 is 1.31 bits per heavy atom. The van der Waals surface area contributed by atoms with E-state index in [2.05, 4.69) is 4.74 Å². The van der Waals surface area contributed by atoms with Crippen molar-refractivity contribution in [3.8, 4) is 0 Å². The van der Waals surface area contributed by atoms with Crippen LogP contribution in [0.3, 0.4) is 0 Å². The molecule has 1 aromatic rings. The Morgan fingerprint density at radius 2 is 2.00 bits per heavy atom. The third-order valence-electron chi connectivity index (χ3n) is 1.97. The molecule has 5 heteroatoms. The van der Waals surface area contributed by atoms with Crippen LogP contribution >= 0.6 is 0 Å². The van der Waals surface area contributed by atoms with Crippen molar-refractivity contribution in [1.29, 1.82) is 0 Å². The summed E-state index contributed by atoms with van der Waals surface area (Å²) in [7, 11) is 1.26. The first-order valence-electron chi connectivity index (χ1n) is 4.75. The summed E-state index contributed by atoms with van der Waals surface area (Å²) >= 11 is 0. The number of hydrogen-bond donors (Lipinski definition) is 1. The highest BCUT2D eigenvalue weighted by Crippen LogP contribution is 2.16. The van der Waals surface area contributed by atoms with Crippen LogP contribution < -0.4 is 5.73 Å². The van der Waals surface area contributed by atoms with Gasteiger partial charge in [-0.2, -0.15) is 0 Å². The molecule has 5 nitrogen and oxygen atoms in total. The summed E-state index contributed by atoms with van der Waals surface area (Å²) in [6, 6.07) is 4.30. The third kappa shape index (κ3) is 2.50. The van der Waals surface area contributed by atoms with Gasteiger partial charge in [0.1, 0.15) is 0 Å². The number of nitrogen functional groups attached to an aromatic ring is 1. The molecular weight excluding hydrogens is 210 g/mol. The van der Waals surface area contributed by atoms with Gasteiger partial charge in [-0.05, 0) is 25.1 Å². The maximum absolute atomic E-state index is 11.4. The fourth-order valence-electron chi connectivity index (χ4n) is 1.20. The third-order valence-corrected chi connectivity index (χ3v) is 1.97. The molecular formula is C11H13NO4. The van der Waals surface area contributed by atoms with Crippen molar-refractivity contribution in [2.75, 3.05) is 19.5 Å². The zero-order valence-corrected chi connectivity index (χ0v) is 9.15. The van der Waals surface area contributed by atoms with E-state index in [0.717, 1.165) is 0 Å². The Balaban J connectivity index is 2.99. The van der Waals surface area contributed by atoms with E-state index in [0.29, 0.717) is 5.56 Å². The predicted molar refractivity (Wildman–Crippen MR) is 58.2 cm³/mol. The fraction of sp³-hybridized carbons (Fsp3) is 0.273. The number of anilines is 1. The normalized spacial score (nSPS) is 9.62. The molecule has 0 spiro atoms. The van der Waals surface area contributed by atoms with Crippen LogP contribution in [0, 0.1) is 0 Å². The van der Waals surface area contributed by atoms with Crippen molar-refractivity contribution >= 4 is 17.6 Å². The lowest BCUT2D eigenvalue weighted by Crippen LogP contribution is -2.09. The molecule has 0 saturated carbocycles. The van der Waals surface area contributed by atoms with Crippen molar-refractivity contribution in [3.63, 3.8) is 0 Å². The lowest BCUT2D eigenvalue weighted by Gasteiger charge is -2.06. The molecule has 0 atom stereocenters. The van der Waals surface area contributed by atoms with Gasteiger partial charge in [-0.1, -0.05) is 0 Å². The maximum Gasteiger partial charge on any atom is 0.339 e. The highest BCUT2D eigenvalue weighted by molar-refractivity contribution is 5.98. The molecule has 1 rings (SSSR count). The van der Waals surface area contributed by atoms with Crippen LogP contribution in [0.15, 0.2) is 18.2 Å². The Labute approximate surface area is 93.1 Å². The largest absolute Gasteiger partial charge is 0.465 e. The number of carbonyl (C=O) groups is 2. The number of ether oxygens (including phenoxy) is 2. The summed E-state index contributed by atoms with van der Waals surface area (Å²) in [5, 5.41) is 0. The molecule has 2 N–H and O–H groups in total. The number of methoxy groups -OCH3 is 1. The zero-order chi connectivity index (χ0) is 12.1. The van der Waals surface area contributed by atoms with Gasteiger partial charge >= 0.3 is 11.9 Å². The van der Waals surface area contributed by atoms with E-state index >= 15 is 0 Å². The van der Waals surface area contributed by atoms with Gasteiger partial charge in [0, 0.05) is 5.69 Å². The monoisotopic (exact) mass is 223 g/mol. The second kappa shape index (κ2) is 5.16. The topological polar surface area (TPSA) is 78.6 Å². The van der Waals surface area contributed by atoms with Crippen LogP contribution in [-0.2, 0) is 9.47 Å². The molecule has 0 aliphatic carbocycles. The minimum atomic E-state index is -0.534. The molecule has 0 aliphatic heterocycles. The highest BCUT2D eigenvalue weighted by atomic mass is 16.5. The van der Waals surface area contributed by atoms with Gasteiger partial charge in [-0.15, -0.1) is 0 Å². The molecule has 0 aromatic heterocycles. The summed E-state index contributed by atoms with van der Waals surface area (Å²) in [5.41, 5.74) is 6.36. The molecule has 0 unspecified atom stereocenters. The predicted octanol–water partition coefficient (Wildman–Crippen LogP) is 1.23. The average molecular weight is 223 g/mol. The van der Waals surface area contributed by atoms with Gasteiger partial charge in [0.2, 0.25) is 0 Å². The van der Waals surface area contributed by atoms with Gasteiger partial charge < -0.3 is 15.2 Å². The van der Waals surface area contributed by atoms with Crippen LogP contribution in [0.5, 0.6) is 0 Å². The Hall–Kier alpha value is -2.04. The lowest BCUT2D eigenvalue weighted by atomic mass is 10.1. The Bertz CT molecular complexity index is 414. The summed E-state index contributed by atoms with van der Waals surface area (Å²) in [6.07, 6.45) is 0. The summed E-state index contributed by atoms with van der Waals surface area (Å²) in [5.74, 6) is -1.00. The van der Waals surface area contributed by atoms with Gasteiger partial charge in [0.15, 0.2) is 0 Å². The summed E-state index contributed by atoms with van der Waals surface area (Å²) < 4.78 is 9.33. The molecule has 16 heavy (non-hydrogen) atoms. The number of carbonyl (C=O) groups excluding carboxylic acids is 2. The van der Waals surface area contributed by atoms with E-state index in [1.165, 1.54) is 25.3 Å². The van der Waals surface area contributed by atoms with Gasteiger partial charge in [-0.3, -0.25) is 0 Å². The maximum atomic E-state index is 11.4. The van der Waals surface area contributed by atoms with Crippen LogP contribution in [0.4, 0.5) is 5.69 Å². The van der Waals surface area contributed by atoms with Crippen molar-refractivity contribution < 1.29 is 19.1 Å². The smallest absolute Gasteiger partial charge is 0.339 e. The molecule has 0 bridgehead atoms. The van der Waals surface area contributed by atoms with E-state index < -0.39 is 11.9 Å². The van der Waals surface area contributed by atoms with E-state index in [1.807, 2.05) is 0 Å². The average Bonchev–Trinajstić information content (AvgIpc) is 2.28. The SMILES string of the molecule is CCOC(=O)c1ccc(C(=O)OC)c(N)c1. The van der Waals surface area contributed by atoms with Gasteiger partial charge in [-0.25, -0.2) is 9.59 Å². The lowest BCUT2D eigenvalue weighted by molar-refractivity contribution is 0.0524. The second-order valence-electron chi connectivity index (χ2n) is 3.01. The minimum absolute atomic E-state index is 0.192. The molecule has 0 fully saturated rings. The van der Waals surface area contributed by atoms with Gasteiger partial charge in [0.05, 0.1) is 24.8 Å². The molecule has 86 valence electrons. The second-order valence-corrected chi connectivity index (χ2v) is 3.01. The highest BCUT2D eigenvalue weighted by Gasteiger charge is 2.13. The molecule has 0 aliphatic rings. The van der Waals surface area contributed by atoms with Crippen LogP contribution in [0.2, 0.25) is 0 Å². The molecule has 0 saturated heterocycles. The number of hydrogen-bond acceptors (Lipinski definition) is 5. The quantitative estimate of drug-likeness (QED) is 0.616. The van der Waals surface area contributed by atoms with Crippen molar-refractivity contribution in [2.24, 2.45) is 0 Å². The van der Waals surface area contributed by atoms with Crippen LogP contribution in [-0.4, -0.2) is 25.7 Å². The van der Waals surface area contributed by atoms with Crippen LogP contribution in [0.1, 0.15) is 27.6 Å².